The predicted octanol–water partition coefficient (Wildman–Crippen LogP) is 6.10. The molecule has 0 fully saturated rings. The van der Waals surface area contributed by atoms with Crippen molar-refractivity contribution in [3.8, 4) is 5.75 Å². The van der Waals surface area contributed by atoms with Crippen LogP contribution in [0, 0.1) is 5.82 Å². The molecule has 9 nitrogen and oxygen atoms in total. The van der Waals surface area contributed by atoms with Gasteiger partial charge in [-0.05, 0) is 80.8 Å². The molecule has 5 rings (SSSR count). The Morgan fingerprint density at radius 3 is 2.18 bits per heavy atom. The van der Waals surface area contributed by atoms with Gasteiger partial charge >= 0.3 is 18.3 Å². The van der Waals surface area contributed by atoms with Gasteiger partial charge in [0.1, 0.15) is 29.1 Å². The Labute approximate surface area is 287 Å². The molecule has 2 aliphatic rings. The smallest absolute Gasteiger partial charge is 0.430 e. The van der Waals surface area contributed by atoms with Gasteiger partial charge in [0.05, 0.1) is 29.3 Å². The molecular weight excluding hydrogens is 715 g/mol. The Bertz CT molecular complexity index is 1930. The van der Waals surface area contributed by atoms with Crippen LogP contribution in [0.1, 0.15) is 66.1 Å². The van der Waals surface area contributed by atoms with E-state index < -0.39 is 86.1 Å². The fraction of sp³-hybridized carbons (Fsp3) is 0.412. The third-order valence-corrected chi connectivity index (χ3v) is 11.1. The van der Waals surface area contributed by atoms with Gasteiger partial charge in [0, 0.05) is 29.9 Å². The molecule has 17 heteroatoms. The van der Waals surface area contributed by atoms with Gasteiger partial charge < -0.3 is 19.7 Å². The molecule has 0 spiro atoms. The summed E-state index contributed by atoms with van der Waals surface area (Å²) in [6, 6.07) is 8.01. The topological polar surface area (TPSA) is 130 Å². The first-order chi connectivity index (χ1) is 23.5. The maximum atomic E-state index is 14.1. The van der Waals surface area contributed by atoms with Crippen LogP contribution in [-0.4, -0.2) is 67.6 Å². The van der Waals surface area contributed by atoms with E-state index in [0.29, 0.717) is 28.1 Å². The molecule has 3 aromatic carbocycles. The summed E-state index contributed by atoms with van der Waals surface area (Å²) in [6.07, 6.45) is -15.1. The summed E-state index contributed by atoms with van der Waals surface area (Å²) in [5.74, 6) is -2.76. The zero-order valence-electron chi connectivity index (χ0n) is 27.2. The summed E-state index contributed by atoms with van der Waals surface area (Å²) >= 11 is 0. The number of rotatable bonds is 8. The number of anilines is 1. The number of aliphatic hydroxyl groups excluding tert-OH is 1. The van der Waals surface area contributed by atoms with Gasteiger partial charge in [0.2, 0.25) is 0 Å². The van der Waals surface area contributed by atoms with Crippen molar-refractivity contribution in [2.45, 2.75) is 86.0 Å². The maximum Gasteiger partial charge on any atom is 0.430 e. The molecule has 0 unspecified atom stereocenters. The zero-order chi connectivity index (χ0) is 37.9. The van der Waals surface area contributed by atoms with Crippen LogP contribution in [0.3, 0.4) is 0 Å². The molecular formula is C34H32F7NO8S. The van der Waals surface area contributed by atoms with Crippen LogP contribution in [0.5, 0.6) is 5.75 Å². The van der Waals surface area contributed by atoms with Gasteiger partial charge in [-0.25, -0.2) is 17.6 Å². The lowest BCUT2D eigenvalue weighted by Crippen LogP contribution is -2.54. The second-order valence-corrected chi connectivity index (χ2v) is 14.8. The number of hydrogen-bond acceptors (Lipinski definition) is 8. The number of sulfonamides is 1. The Kier molecular flexibility index (Phi) is 9.75. The highest BCUT2D eigenvalue weighted by Gasteiger charge is 2.71. The SMILES string of the molecule is COC(=O)c1ccc2c(c1)[C@@H](CC(=O)C[C@@H]1CCc3cc(C(O)(C(F)(F)F)C(F)(F)F)ccc3N1S(=O)(=O)c1ccc(F)cc1)[C@H](O)C(C)(C)O2. The molecule has 3 aromatic rings. The summed E-state index contributed by atoms with van der Waals surface area (Å²) in [5, 5.41) is 21.2. The van der Waals surface area contributed by atoms with Crippen LogP contribution in [0.15, 0.2) is 65.6 Å². The van der Waals surface area contributed by atoms with Crippen molar-refractivity contribution in [1.29, 1.82) is 0 Å². The lowest BCUT2D eigenvalue weighted by atomic mass is 9.77. The van der Waals surface area contributed by atoms with Crippen molar-refractivity contribution < 1.29 is 68.4 Å². The minimum Gasteiger partial charge on any atom is -0.485 e. The molecule has 0 amide bonds. The summed E-state index contributed by atoms with van der Waals surface area (Å²) in [6.45, 7) is 3.16. The number of carbonyl (C=O) groups is 2. The number of ether oxygens (including phenoxy) is 2. The maximum absolute atomic E-state index is 14.1. The lowest BCUT2D eigenvalue weighted by Gasteiger charge is -2.42. The summed E-state index contributed by atoms with van der Waals surface area (Å²) in [5.41, 5.74) is -8.30. The second kappa shape index (κ2) is 13.1. The van der Waals surface area contributed by atoms with E-state index in [1.165, 1.54) is 25.3 Å². The van der Waals surface area contributed by atoms with Crippen LogP contribution in [0.2, 0.25) is 0 Å². The first-order valence-corrected chi connectivity index (χ1v) is 16.9. The van der Waals surface area contributed by atoms with Crippen molar-refractivity contribution in [1.82, 2.24) is 0 Å². The van der Waals surface area contributed by atoms with E-state index in [4.69, 9.17) is 9.47 Å². The molecule has 51 heavy (non-hydrogen) atoms. The van der Waals surface area contributed by atoms with Crippen LogP contribution < -0.4 is 9.04 Å². The van der Waals surface area contributed by atoms with E-state index in [1.807, 2.05) is 0 Å². The first-order valence-electron chi connectivity index (χ1n) is 15.4. The molecule has 0 radical (unpaired) electrons. The summed E-state index contributed by atoms with van der Waals surface area (Å²) < 4.78 is 135. The average molecular weight is 748 g/mol. The van der Waals surface area contributed by atoms with Crippen LogP contribution in [0.4, 0.5) is 36.4 Å². The second-order valence-electron chi connectivity index (χ2n) is 12.9. The Morgan fingerprint density at radius 2 is 1.59 bits per heavy atom. The highest BCUT2D eigenvalue weighted by atomic mass is 32.2. The van der Waals surface area contributed by atoms with Gasteiger partial charge in [0.15, 0.2) is 0 Å². The molecule has 0 saturated heterocycles. The monoisotopic (exact) mass is 747 g/mol. The third kappa shape index (κ3) is 6.78. The van der Waals surface area contributed by atoms with Crippen molar-refractivity contribution in [2.75, 3.05) is 11.4 Å². The van der Waals surface area contributed by atoms with Crippen molar-refractivity contribution >= 4 is 27.5 Å². The van der Waals surface area contributed by atoms with Crippen LogP contribution in [-0.2, 0) is 31.6 Å². The molecule has 0 bridgehead atoms. The number of methoxy groups -OCH3 is 1. The van der Waals surface area contributed by atoms with E-state index in [9.17, 15) is 59.0 Å². The lowest BCUT2D eigenvalue weighted by molar-refractivity contribution is -0.376. The van der Waals surface area contributed by atoms with E-state index in [2.05, 4.69) is 0 Å². The van der Waals surface area contributed by atoms with Gasteiger partial charge in [-0.3, -0.25) is 9.10 Å². The minimum absolute atomic E-state index is 0.104. The van der Waals surface area contributed by atoms with Gasteiger partial charge in [0.25, 0.3) is 15.6 Å². The number of nitrogens with zero attached hydrogens (tertiary/aromatic N) is 1. The molecule has 2 aliphatic heterocycles. The van der Waals surface area contributed by atoms with Crippen molar-refractivity contribution in [3.63, 3.8) is 0 Å². The molecule has 0 aromatic heterocycles. The summed E-state index contributed by atoms with van der Waals surface area (Å²) in [7, 11) is -3.57. The largest absolute Gasteiger partial charge is 0.485 e. The Hall–Kier alpha value is -4.22. The number of halogens is 7. The molecule has 2 heterocycles. The van der Waals surface area contributed by atoms with Crippen molar-refractivity contribution in [3.05, 3.63) is 88.7 Å². The number of hydrogen-bond donors (Lipinski definition) is 2. The number of esters is 1. The molecule has 0 aliphatic carbocycles. The number of ketones is 1. The molecule has 2 N–H and O–H groups in total. The fourth-order valence-electron chi connectivity index (χ4n) is 6.57. The van der Waals surface area contributed by atoms with E-state index in [1.54, 1.807) is 13.8 Å². The zero-order valence-corrected chi connectivity index (χ0v) is 28.0. The number of aryl methyl sites for hydroxylation is 1. The van der Waals surface area contributed by atoms with Gasteiger partial charge in [-0.15, -0.1) is 0 Å². The minimum atomic E-state index is -6.19. The van der Waals surface area contributed by atoms with Gasteiger partial charge in [-0.1, -0.05) is 12.1 Å². The normalized spacial score (nSPS) is 20.5. The molecule has 3 atom stereocenters. The first kappa shape index (κ1) is 38.0. The Morgan fingerprint density at radius 1 is 0.961 bits per heavy atom. The van der Waals surface area contributed by atoms with Crippen LogP contribution in [0.25, 0.3) is 0 Å². The van der Waals surface area contributed by atoms with E-state index in [0.717, 1.165) is 24.3 Å². The number of aliphatic hydroxyl groups is 2. The number of carbonyl (C=O) groups excluding carboxylic acids is 2. The summed E-state index contributed by atoms with van der Waals surface area (Å²) in [4.78, 5) is 25.6. The van der Waals surface area contributed by atoms with E-state index in [-0.39, 0.29) is 41.8 Å². The standard InChI is InChI=1S/C34H32F7NO8S/c1-31(2)29(44)26(25-15-19(30(45)49-3)5-13-28(25)50-31)17-23(43)16-22-9-4-18-14-20(32(46,33(36,37)38)34(39,40)41)6-12-27(18)42(22)51(47,48)24-10-7-21(35)8-11-24/h5-8,10-15,22,26,29,44,46H,4,9,16-17H2,1-3H3/t22-,26+,29-/m0/s1. The molecule has 276 valence electrons. The quantitative estimate of drug-likeness (QED) is 0.209. The molecule has 0 saturated carbocycles. The fourth-order valence-corrected chi connectivity index (χ4v) is 8.28. The predicted molar refractivity (Wildman–Crippen MR) is 166 cm³/mol. The van der Waals surface area contributed by atoms with E-state index >= 15 is 0 Å². The highest BCUT2D eigenvalue weighted by Crippen LogP contribution is 2.51. The van der Waals surface area contributed by atoms with Crippen LogP contribution >= 0.6 is 0 Å². The average Bonchev–Trinajstić information content (AvgIpc) is 3.04. The number of Topliss-reactive ketones (excluding diaryl/α,β-unsaturated/α-hetero) is 1. The Balaban J connectivity index is 1.55. The number of fused-ring (bicyclic) bond motifs is 2. The van der Waals surface area contributed by atoms with Gasteiger partial charge in [-0.2, -0.15) is 26.3 Å². The third-order valence-electron chi connectivity index (χ3n) is 9.21. The highest BCUT2D eigenvalue weighted by molar-refractivity contribution is 7.92. The van der Waals surface area contributed by atoms with Crippen molar-refractivity contribution in [2.24, 2.45) is 0 Å². The number of benzene rings is 3. The number of alkyl halides is 6.